The average Bonchev–Trinajstić information content (AvgIpc) is 3.03. The van der Waals surface area contributed by atoms with Crippen LogP contribution < -0.4 is 4.74 Å². The van der Waals surface area contributed by atoms with E-state index in [1.54, 1.807) is 0 Å². The fourth-order valence-electron chi connectivity index (χ4n) is 7.83. The quantitative estimate of drug-likeness (QED) is 0.183. The van der Waals surface area contributed by atoms with E-state index in [4.69, 9.17) is 4.74 Å². The standard InChI is InChI=1S/C45H40O/c1-27-20-22-38-41(24-27)46-43-39(45(38,6)7)23-21-28(2)42(43)37-25-35-33-18-12-10-16-31(33)29-14-8-9-15-30(29)32-17-11-13-19-34(32)36(35)26-40(37)44(3,4)5/h8-26H,1-7H3. The molecular weight excluding hydrogens is 556 g/mol. The first-order chi connectivity index (χ1) is 22.0. The van der Waals surface area contributed by atoms with Crippen LogP contribution in [0.1, 0.15) is 62.4 Å². The van der Waals surface area contributed by atoms with Crippen molar-refractivity contribution in [3.63, 3.8) is 0 Å². The first-order valence-corrected chi connectivity index (χ1v) is 16.4. The van der Waals surface area contributed by atoms with Crippen LogP contribution in [-0.4, -0.2) is 0 Å². The van der Waals surface area contributed by atoms with Crippen LogP contribution in [-0.2, 0) is 10.8 Å². The van der Waals surface area contributed by atoms with Gasteiger partial charge in [0.2, 0.25) is 0 Å². The second-order valence-electron chi connectivity index (χ2n) is 14.7. The first-order valence-electron chi connectivity index (χ1n) is 16.4. The van der Waals surface area contributed by atoms with E-state index in [0.29, 0.717) is 0 Å². The molecule has 0 saturated heterocycles. The number of fused-ring (bicyclic) bond motifs is 10. The third-order valence-electron chi connectivity index (χ3n) is 10.2. The lowest BCUT2D eigenvalue weighted by atomic mass is 9.72. The van der Waals surface area contributed by atoms with Crippen molar-refractivity contribution in [1.29, 1.82) is 0 Å². The van der Waals surface area contributed by atoms with Crippen LogP contribution in [0, 0.1) is 13.8 Å². The molecule has 2 aliphatic rings. The van der Waals surface area contributed by atoms with Gasteiger partial charge in [0.1, 0.15) is 11.5 Å². The summed E-state index contributed by atoms with van der Waals surface area (Å²) < 4.78 is 6.99. The molecule has 226 valence electrons. The summed E-state index contributed by atoms with van der Waals surface area (Å²) >= 11 is 0. The second-order valence-corrected chi connectivity index (χ2v) is 14.7. The predicted octanol–water partition coefficient (Wildman–Crippen LogP) is 12.7. The van der Waals surface area contributed by atoms with Crippen LogP contribution in [0.2, 0.25) is 0 Å². The second kappa shape index (κ2) is 10.1. The molecule has 0 unspecified atom stereocenters. The Morgan fingerprint density at radius 2 is 0.978 bits per heavy atom. The molecule has 0 bridgehead atoms. The molecule has 8 rings (SSSR count). The third-order valence-corrected chi connectivity index (χ3v) is 10.2. The zero-order valence-electron chi connectivity index (χ0n) is 27.9. The Kier molecular flexibility index (Phi) is 6.25. The highest BCUT2D eigenvalue weighted by Crippen LogP contribution is 2.55. The maximum Gasteiger partial charge on any atom is 0.139 e. The Balaban J connectivity index is 1.49. The van der Waals surface area contributed by atoms with Gasteiger partial charge in [0.05, 0.1) is 0 Å². The maximum atomic E-state index is 6.99. The van der Waals surface area contributed by atoms with E-state index < -0.39 is 0 Å². The number of hydrogen-bond donors (Lipinski definition) is 0. The Labute approximate surface area is 273 Å². The minimum absolute atomic E-state index is 0.118. The van der Waals surface area contributed by atoms with Gasteiger partial charge in [-0.15, -0.1) is 0 Å². The molecule has 0 radical (unpaired) electrons. The van der Waals surface area contributed by atoms with Crippen molar-refractivity contribution >= 4 is 0 Å². The summed E-state index contributed by atoms with van der Waals surface area (Å²) in [6.07, 6.45) is 0. The van der Waals surface area contributed by atoms with Crippen molar-refractivity contribution in [1.82, 2.24) is 0 Å². The van der Waals surface area contributed by atoms with E-state index in [2.05, 4.69) is 164 Å². The molecule has 0 saturated carbocycles. The summed E-state index contributed by atoms with van der Waals surface area (Å²) in [4.78, 5) is 0. The molecule has 0 spiro atoms. The molecule has 1 aliphatic carbocycles. The van der Waals surface area contributed by atoms with Crippen molar-refractivity contribution in [2.75, 3.05) is 0 Å². The molecule has 6 aromatic carbocycles. The lowest BCUT2D eigenvalue weighted by Gasteiger charge is -2.37. The van der Waals surface area contributed by atoms with Gasteiger partial charge >= 0.3 is 0 Å². The molecule has 1 heterocycles. The van der Waals surface area contributed by atoms with Gasteiger partial charge in [-0.3, -0.25) is 0 Å². The van der Waals surface area contributed by atoms with Crippen molar-refractivity contribution in [2.24, 2.45) is 0 Å². The Morgan fingerprint density at radius 1 is 0.500 bits per heavy atom. The molecule has 0 fully saturated rings. The van der Waals surface area contributed by atoms with Crippen molar-refractivity contribution in [2.45, 2.75) is 59.3 Å². The summed E-state index contributed by atoms with van der Waals surface area (Å²) in [6, 6.07) is 42.9. The lowest BCUT2D eigenvalue weighted by Crippen LogP contribution is -2.25. The highest BCUT2D eigenvalue weighted by molar-refractivity contribution is 6.04. The Hall–Kier alpha value is -4.88. The van der Waals surface area contributed by atoms with E-state index in [-0.39, 0.29) is 10.8 Å². The molecule has 1 nitrogen and oxygen atoms in total. The molecule has 46 heavy (non-hydrogen) atoms. The van der Waals surface area contributed by atoms with Gasteiger partial charge in [0.25, 0.3) is 0 Å². The minimum Gasteiger partial charge on any atom is -0.456 e. The average molecular weight is 597 g/mol. The third kappa shape index (κ3) is 4.22. The van der Waals surface area contributed by atoms with Crippen LogP contribution in [0.15, 0.2) is 115 Å². The number of benzene rings is 6. The lowest BCUT2D eigenvalue weighted by molar-refractivity contribution is 0.419. The largest absolute Gasteiger partial charge is 0.456 e. The molecule has 6 aromatic rings. The summed E-state index contributed by atoms with van der Waals surface area (Å²) in [5, 5.41) is 0. The van der Waals surface area contributed by atoms with Crippen molar-refractivity contribution < 1.29 is 4.74 Å². The number of rotatable bonds is 1. The summed E-state index contributed by atoms with van der Waals surface area (Å²) in [6.45, 7) is 16.1. The Bertz CT molecular complexity index is 2200. The van der Waals surface area contributed by atoms with E-state index in [1.807, 2.05) is 0 Å². The molecule has 1 aliphatic heterocycles. The molecule has 0 amide bonds. The normalized spacial score (nSPS) is 13.9. The maximum absolute atomic E-state index is 6.99. The summed E-state index contributed by atoms with van der Waals surface area (Å²) in [5.74, 6) is 1.95. The molecule has 0 aromatic heterocycles. The molecule has 1 heteroatoms. The fraction of sp³-hybridized carbons (Fsp3) is 0.200. The number of aryl methyl sites for hydroxylation is 2. The van der Waals surface area contributed by atoms with E-state index in [1.165, 1.54) is 83.5 Å². The SMILES string of the molecule is Cc1ccc2c(c1)Oc1c(ccc(C)c1-c1cc3c(cc1C(C)(C)C)-c1ccccc1-c1ccccc1-c1ccccc1-3)C2(C)C. The highest BCUT2D eigenvalue weighted by Gasteiger charge is 2.37. The minimum atomic E-state index is -0.195. The van der Waals surface area contributed by atoms with Gasteiger partial charge in [-0.05, 0) is 104 Å². The highest BCUT2D eigenvalue weighted by atomic mass is 16.5. The summed E-state index contributed by atoms with van der Waals surface area (Å²) in [5.41, 5.74) is 18.5. The topological polar surface area (TPSA) is 9.23 Å². The van der Waals surface area contributed by atoms with E-state index in [0.717, 1.165) is 11.5 Å². The Morgan fingerprint density at radius 3 is 1.50 bits per heavy atom. The van der Waals surface area contributed by atoms with Gasteiger partial charge in [0, 0.05) is 22.1 Å². The number of ether oxygens (including phenoxy) is 1. The van der Waals surface area contributed by atoms with Crippen LogP contribution in [0.3, 0.4) is 0 Å². The van der Waals surface area contributed by atoms with Gasteiger partial charge in [-0.25, -0.2) is 0 Å². The van der Waals surface area contributed by atoms with Crippen LogP contribution >= 0.6 is 0 Å². The van der Waals surface area contributed by atoms with Gasteiger partial charge < -0.3 is 4.74 Å². The van der Waals surface area contributed by atoms with Gasteiger partial charge in [-0.1, -0.05) is 132 Å². The molecule has 0 N–H and O–H groups in total. The van der Waals surface area contributed by atoms with Gasteiger partial charge in [0.15, 0.2) is 0 Å². The molecule has 0 atom stereocenters. The monoisotopic (exact) mass is 596 g/mol. The number of hydrogen-bond acceptors (Lipinski definition) is 1. The zero-order valence-corrected chi connectivity index (χ0v) is 27.9. The smallest absolute Gasteiger partial charge is 0.139 e. The predicted molar refractivity (Wildman–Crippen MR) is 194 cm³/mol. The fourth-order valence-corrected chi connectivity index (χ4v) is 7.83. The van der Waals surface area contributed by atoms with Crippen LogP contribution in [0.4, 0.5) is 0 Å². The zero-order chi connectivity index (χ0) is 32.0. The van der Waals surface area contributed by atoms with Crippen LogP contribution in [0.25, 0.3) is 55.6 Å². The van der Waals surface area contributed by atoms with Crippen LogP contribution in [0.5, 0.6) is 11.5 Å². The van der Waals surface area contributed by atoms with Crippen molar-refractivity contribution in [3.05, 3.63) is 143 Å². The first kappa shape index (κ1) is 28.6. The van der Waals surface area contributed by atoms with Gasteiger partial charge in [-0.2, -0.15) is 0 Å². The summed E-state index contributed by atoms with van der Waals surface area (Å²) in [7, 11) is 0. The van der Waals surface area contributed by atoms with E-state index in [9.17, 15) is 0 Å². The molecular formula is C45H40O. The van der Waals surface area contributed by atoms with Crippen molar-refractivity contribution in [3.8, 4) is 67.1 Å². The van der Waals surface area contributed by atoms with E-state index >= 15 is 0 Å².